The Morgan fingerprint density at radius 2 is 1.57 bits per heavy atom. The van der Waals surface area contributed by atoms with Crippen LogP contribution in [-0.4, -0.2) is 82.4 Å². The normalized spacial score (nSPS) is 20.8. The van der Waals surface area contributed by atoms with E-state index >= 15 is 0 Å². The second kappa shape index (κ2) is 8.64. The predicted molar refractivity (Wildman–Crippen MR) is 95.1 cm³/mol. The fourth-order valence-electron chi connectivity index (χ4n) is 3.48. The van der Waals surface area contributed by atoms with Crippen LogP contribution in [0.15, 0.2) is 24.3 Å². The molecule has 0 unspecified atom stereocenters. The molecule has 0 aliphatic carbocycles. The molecule has 2 heterocycles. The van der Waals surface area contributed by atoms with Crippen molar-refractivity contribution in [2.24, 2.45) is 0 Å². The molecule has 2 aliphatic heterocycles. The third kappa shape index (κ3) is 4.67. The molecule has 1 N–H and O–H groups in total. The molecule has 0 spiro atoms. The van der Waals surface area contributed by atoms with Crippen molar-refractivity contribution >= 4 is 5.69 Å². The maximum Gasteiger partial charge on any atom is 0.0594 e. The zero-order valence-corrected chi connectivity index (χ0v) is 14.3. The third-order valence-electron chi connectivity index (χ3n) is 4.91. The summed E-state index contributed by atoms with van der Waals surface area (Å²) in [5.41, 5.74) is 2.80. The van der Waals surface area contributed by atoms with Crippen LogP contribution in [0.4, 0.5) is 5.69 Å². The summed E-state index contributed by atoms with van der Waals surface area (Å²) in [6.45, 7) is 11.9. The summed E-state index contributed by atoms with van der Waals surface area (Å²) in [6.07, 6.45) is 0. The van der Waals surface area contributed by atoms with Crippen LogP contribution in [0.3, 0.4) is 0 Å². The lowest BCUT2D eigenvalue weighted by atomic mass is 10.1. The van der Waals surface area contributed by atoms with Gasteiger partial charge in [-0.2, -0.15) is 0 Å². The maximum absolute atomic E-state index is 5.42. The lowest BCUT2D eigenvalue weighted by Gasteiger charge is -2.38. The van der Waals surface area contributed by atoms with E-state index in [-0.39, 0.29) is 0 Å². The summed E-state index contributed by atoms with van der Waals surface area (Å²) in [7, 11) is 2.01. The molecule has 0 aromatic heterocycles. The van der Waals surface area contributed by atoms with Crippen molar-refractivity contribution in [2.45, 2.75) is 6.54 Å². The topological polar surface area (TPSA) is 31.0 Å². The van der Waals surface area contributed by atoms with Gasteiger partial charge in [-0.15, -0.1) is 0 Å². The number of nitrogens with one attached hydrogen (secondary N) is 1. The minimum absolute atomic E-state index is 0.899. The first kappa shape index (κ1) is 16.7. The van der Waals surface area contributed by atoms with Crippen LogP contribution >= 0.6 is 0 Å². The van der Waals surface area contributed by atoms with Gasteiger partial charge in [0.15, 0.2) is 0 Å². The van der Waals surface area contributed by atoms with Gasteiger partial charge < -0.3 is 15.0 Å². The second-order valence-corrected chi connectivity index (χ2v) is 6.44. The molecule has 0 bridgehead atoms. The lowest BCUT2D eigenvalue weighted by molar-refractivity contribution is 0.0331. The number of para-hydroxylation sites is 1. The average molecular weight is 318 g/mol. The van der Waals surface area contributed by atoms with Gasteiger partial charge in [-0.05, 0) is 18.7 Å². The van der Waals surface area contributed by atoms with Crippen molar-refractivity contribution in [2.75, 3.05) is 77.5 Å². The van der Waals surface area contributed by atoms with E-state index in [0.717, 1.165) is 59.0 Å². The van der Waals surface area contributed by atoms with Crippen LogP contribution < -0.4 is 10.2 Å². The molecule has 0 radical (unpaired) electrons. The summed E-state index contributed by atoms with van der Waals surface area (Å²) in [4.78, 5) is 7.67. The van der Waals surface area contributed by atoms with Crippen molar-refractivity contribution in [3.05, 3.63) is 29.8 Å². The molecular weight excluding hydrogens is 288 g/mol. The Hall–Kier alpha value is -1.14. The summed E-state index contributed by atoms with van der Waals surface area (Å²) in [6, 6.07) is 8.78. The van der Waals surface area contributed by atoms with Gasteiger partial charge >= 0.3 is 0 Å². The van der Waals surface area contributed by atoms with E-state index < -0.39 is 0 Å². The highest BCUT2D eigenvalue weighted by Crippen LogP contribution is 2.21. The first-order chi connectivity index (χ1) is 11.4. The molecule has 2 saturated heterocycles. The van der Waals surface area contributed by atoms with Gasteiger partial charge in [0.25, 0.3) is 0 Å². The number of ether oxygens (including phenoxy) is 1. The van der Waals surface area contributed by atoms with Gasteiger partial charge in [-0.3, -0.25) is 9.80 Å². The Balaban J connectivity index is 1.46. The first-order valence-electron chi connectivity index (χ1n) is 8.87. The number of benzene rings is 1. The zero-order valence-electron chi connectivity index (χ0n) is 14.3. The number of morpholine rings is 1. The third-order valence-corrected chi connectivity index (χ3v) is 4.91. The number of nitrogens with zero attached hydrogens (tertiary/aromatic N) is 3. The van der Waals surface area contributed by atoms with Crippen molar-refractivity contribution in [3.8, 4) is 0 Å². The Kier molecular flexibility index (Phi) is 6.28. The first-order valence-corrected chi connectivity index (χ1v) is 8.87. The SMILES string of the molecule is CNCc1ccccc1N1CCN(CCN2CCOCC2)CC1. The van der Waals surface area contributed by atoms with Gasteiger partial charge in [0.05, 0.1) is 13.2 Å². The standard InChI is InChI=1S/C18H30N4O/c1-19-16-17-4-2-3-5-18(17)22-10-8-20(9-11-22)6-7-21-12-14-23-15-13-21/h2-5,19H,6-16H2,1H3. The minimum atomic E-state index is 0.899. The molecule has 3 rings (SSSR count). The number of anilines is 1. The fourth-order valence-corrected chi connectivity index (χ4v) is 3.48. The summed E-state index contributed by atoms with van der Waals surface area (Å²) >= 11 is 0. The number of piperazine rings is 1. The monoisotopic (exact) mass is 318 g/mol. The van der Waals surface area contributed by atoms with Crippen LogP contribution in [0.5, 0.6) is 0 Å². The van der Waals surface area contributed by atoms with E-state index in [1.54, 1.807) is 0 Å². The molecule has 0 atom stereocenters. The quantitative estimate of drug-likeness (QED) is 0.841. The van der Waals surface area contributed by atoms with Crippen molar-refractivity contribution < 1.29 is 4.74 Å². The maximum atomic E-state index is 5.42. The van der Waals surface area contributed by atoms with Gasteiger partial charge in [0.2, 0.25) is 0 Å². The molecule has 1 aromatic carbocycles. The molecular formula is C18H30N4O. The van der Waals surface area contributed by atoms with Crippen LogP contribution in [0.25, 0.3) is 0 Å². The predicted octanol–water partition coefficient (Wildman–Crippen LogP) is 0.860. The Morgan fingerprint density at radius 3 is 2.26 bits per heavy atom. The summed E-state index contributed by atoms with van der Waals surface area (Å²) in [5.74, 6) is 0. The van der Waals surface area contributed by atoms with Crippen LogP contribution in [-0.2, 0) is 11.3 Å². The van der Waals surface area contributed by atoms with Gasteiger partial charge in [0, 0.05) is 64.6 Å². The molecule has 0 amide bonds. The summed E-state index contributed by atoms with van der Waals surface area (Å²) < 4.78 is 5.42. The zero-order chi connectivity index (χ0) is 15.9. The Morgan fingerprint density at radius 1 is 0.913 bits per heavy atom. The average Bonchev–Trinajstić information content (AvgIpc) is 2.62. The highest BCUT2D eigenvalue weighted by Gasteiger charge is 2.19. The van der Waals surface area contributed by atoms with Crippen LogP contribution in [0.2, 0.25) is 0 Å². The highest BCUT2D eigenvalue weighted by atomic mass is 16.5. The second-order valence-electron chi connectivity index (χ2n) is 6.44. The van der Waals surface area contributed by atoms with E-state index in [2.05, 4.69) is 44.3 Å². The molecule has 2 aliphatic rings. The number of hydrogen-bond acceptors (Lipinski definition) is 5. The Labute approximate surface area is 140 Å². The lowest BCUT2D eigenvalue weighted by Crippen LogP contribution is -2.49. The van der Waals surface area contributed by atoms with E-state index in [1.807, 2.05) is 7.05 Å². The molecule has 128 valence electrons. The Bertz CT molecular complexity index is 468. The van der Waals surface area contributed by atoms with Crippen molar-refractivity contribution in [3.63, 3.8) is 0 Å². The van der Waals surface area contributed by atoms with Crippen molar-refractivity contribution in [1.29, 1.82) is 0 Å². The molecule has 2 fully saturated rings. The van der Waals surface area contributed by atoms with Gasteiger partial charge in [0.1, 0.15) is 0 Å². The fraction of sp³-hybridized carbons (Fsp3) is 0.667. The van der Waals surface area contributed by atoms with Crippen molar-refractivity contribution in [1.82, 2.24) is 15.1 Å². The van der Waals surface area contributed by atoms with E-state index in [1.165, 1.54) is 24.3 Å². The van der Waals surface area contributed by atoms with E-state index in [0.29, 0.717) is 0 Å². The summed E-state index contributed by atoms with van der Waals surface area (Å²) in [5, 5.41) is 3.28. The number of rotatable bonds is 6. The van der Waals surface area contributed by atoms with E-state index in [9.17, 15) is 0 Å². The smallest absolute Gasteiger partial charge is 0.0594 e. The molecule has 5 heteroatoms. The highest BCUT2D eigenvalue weighted by molar-refractivity contribution is 5.54. The van der Waals surface area contributed by atoms with Gasteiger partial charge in [-0.1, -0.05) is 18.2 Å². The number of hydrogen-bond donors (Lipinski definition) is 1. The van der Waals surface area contributed by atoms with E-state index in [4.69, 9.17) is 4.74 Å². The minimum Gasteiger partial charge on any atom is -0.379 e. The molecule has 23 heavy (non-hydrogen) atoms. The van der Waals surface area contributed by atoms with Crippen LogP contribution in [0, 0.1) is 0 Å². The largest absolute Gasteiger partial charge is 0.379 e. The molecule has 0 saturated carbocycles. The molecule has 1 aromatic rings. The molecule has 5 nitrogen and oxygen atoms in total. The van der Waals surface area contributed by atoms with Gasteiger partial charge in [-0.25, -0.2) is 0 Å². The van der Waals surface area contributed by atoms with Crippen LogP contribution in [0.1, 0.15) is 5.56 Å².